The summed E-state index contributed by atoms with van der Waals surface area (Å²) >= 11 is 0. The molecule has 4 N–H and O–H groups in total. The summed E-state index contributed by atoms with van der Waals surface area (Å²) in [4.78, 5) is 21.3. The van der Waals surface area contributed by atoms with Crippen LogP contribution in [0.25, 0.3) is 0 Å². The average molecular weight is 380 g/mol. The number of nitrogens with two attached hydrogens (primary N) is 1. The van der Waals surface area contributed by atoms with Crippen LogP contribution in [0.15, 0.2) is 24.3 Å². The molecule has 10 heteroatoms. The number of rotatable bonds is 5. The minimum Gasteiger partial charge on any atom is -0.444 e. The number of carbonyl (C=O) groups is 2. The molecule has 1 aromatic carbocycles. The van der Waals surface area contributed by atoms with Crippen molar-refractivity contribution < 1.29 is 37.3 Å². The maximum absolute atomic E-state index is 12.0. The van der Waals surface area contributed by atoms with Gasteiger partial charge in [-0.15, -0.1) is 13.2 Å². The summed E-state index contributed by atoms with van der Waals surface area (Å²) in [5.74, 6) is -0.747. The second-order valence-corrected chi connectivity index (χ2v) is 5.98. The third kappa shape index (κ3) is 13.9. The van der Waals surface area contributed by atoms with Crippen LogP contribution in [0.5, 0.6) is 5.75 Å². The highest BCUT2D eigenvalue weighted by atomic mass is 19.4. The van der Waals surface area contributed by atoms with Crippen LogP contribution < -0.4 is 15.8 Å². The van der Waals surface area contributed by atoms with Gasteiger partial charge in [0.25, 0.3) is 0 Å². The Morgan fingerprint density at radius 1 is 1.23 bits per heavy atom. The first kappa shape index (κ1) is 23.5. The molecule has 0 heterocycles. The minimum absolute atomic E-state index is 0.0743. The summed E-state index contributed by atoms with van der Waals surface area (Å²) in [6.45, 7) is 5.20. The lowest BCUT2D eigenvalue weighted by atomic mass is 10.1. The van der Waals surface area contributed by atoms with Gasteiger partial charge in [-0.25, -0.2) is 4.79 Å². The van der Waals surface area contributed by atoms with Crippen molar-refractivity contribution in [1.29, 1.82) is 0 Å². The first-order valence-electron chi connectivity index (χ1n) is 7.53. The molecule has 0 aliphatic carbocycles. The Labute approximate surface area is 149 Å². The lowest BCUT2D eigenvalue weighted by Crippen LogP contribution is -2.27. The van der Waals surface area contributed by atoms with Gasteiger partial charge in [0.2, 0.25) is 5.91 Å². The van der Waals surface area contributed by atoms with Crippen LogP contribution >= 0.6 is 0 Å². The molecule has 0 aromatic heterocycles. The molecule has 26 heavy (non-hydrogen) atoms. The van der Waals surface area contributed by atoms with E-state index in [1.54, 1.807) is 20.8 Å². The minimum atomic E-state index is -4.75. The van der Waals surface area contributed by atoms with Crippen LogP contribution in [0.4, 0.5) is 18.0 Å². The fourth-order valence-electron chi connectivity index (χ4n) is 1.60. The molecule has 0 atom stereocenters. The molecule has 0 unspecified atom stereocenters. The fourth-order valence-corrected chi connectivity index (χ4v) is 1.60. The monoisotopic (exact) mass is 380 g/mol. The van der Waals surface area contributed by atoms with Crippen molar-refractivity contribution in [3.63, 3.8) is 0 Å². The lowest BCUT2D eigenvalue weighted by Gasteiger charge is -2.16. The number of hydrogen-bond donors (Lipinski definition) is 3. The van der Waals surface area contributed by atoms with Crippen LogP contribution in [0.1, 0.15) is 26.3 Å². The van der Waals surface area contributed by atoms with Crippen LogP contribution in [0, 0.1) is 0 Å². The van der Waals surface area contributed by atoms with E-state index in [1.165, 1.54) is 12.1 Å². The molecule has 148 valence electrons. The summed E-state index contributed by atoms with van der Waals surface area (Å²) in [6.07, 6.45) is -5.55. The zero-order valence-corrected chi connectivity index (χ0v) is 14.7. The Morgan fingerprint density at radius 2 is 1.85 bits per heavy atom. The van der Waals surface area contributed by atoms with Gasteiger partial charge in [0.1, 0.15) is 11.4 Å². The van der Waals surface area contributed by atoms with E-state index in [0.29, 0.717) is 5.56 Å². The van der Waals surface area contributed by atoms with Crippen molar-refractivity contribution in [2.45, 2.75) is 39.2 Å². The van der Waals surface area contributed by atoms with Gasteiger partial charge < -0.3 is 25.6 Å². The van der Waals surface area contributed by atoms with Crippen LogP contribution in [-0.4, -0.2) is 42.2 Å². The number of alkyl halides is 3. The zero-order valence-electron chi connectivity index (χ0n) is 14.7. The molecular weight excluding hydrogens is 357 g/mol. The molecular formula is C16H23F3N2O5. The molecule has 1 aromatic rings. The summed E-state index contributed by atoms with van der Waals surface area (Å²) < 4.78 is 44.2. The Morgan fingerprint density at radius 3 is 2.27 bits per heavy atom. The molecule has 2 amide bonds. The number of primary amides is 1. The predicted octanol–water partition coefficient (Wildman–Crippen LogP) is 2.12. The van der Waals surface area contributed by atoms with E-state index in [-0.39, 0.29) is 31.2 Å². The summed E-state index contributed by atoms with van der Waals surface area (Å²) in [6, 6.07) is 5.19. The number of aliphatic hydroxyl groups excluding tert-OH is 1. The number of aliphatic hydroxyl groups is 1. The first-order chi connectivity index (χ1) is 11.8. The second kappa shape index (κ2) is 10.5. The van der Waals surface area contributed by atoms with Crippen LogP contribution in [0.2, 0.25) is 0 Å². The molecule has 0 aliphatic rings. The fraction of sp³-hybridized carbons (Fsp3) is 0.500. The number of amides is 2. The lowest BCUT2D eigenvalue weighted by molar-refractivity contribution is -0.274. The first-order valence-corrected chi connectivity index (χ1v) is 7.53. The molecule has 0 saturated heterocycles. The van der Waals surface area contributed by atoms with Gasteiger partial charge in [0.05, 0.1) is 13.0 Å². The van der Waals surface area contributed by atoms with Gasteiger partial charge >= 0.3 is 12.5 Å². The Hall–Kier alpha value is -2.49. The Bertz CT molecular complexity index is 586. The maximum Gasteiger partial charge on any atom is 0.573 e. The van der Waals surface area contributed by atoms with Crippen molar-refractivity contribution in [2.75, 3.05) is 13.2 Å². The van der Waals surface area contributed by atoms with Crippen LogP contribution in [0.3, 0.4) is 0 Å². The topological polar surface area (TPSA) is 111 Å². The van der Waals surface area contributed by atoms with Gasteiger partial charge in [-0.05, 0) is 38.5 Å². The highest BCUT2D eigenvalue weighted by Gasteiger charge is 2.31. The van der Waals surface area contributed by atoms with Crippen molar-refractivity contribution >= 4 is 12.0 Å². The third-order valence-corrected chi connectivity index (χ3v) is 2.34. The molecule has 0 aliphatic heterocycles. The van der Waals surface area contributed by atoms with E-state index in [0.717, 1.165) is 12.1 Å². The van der Waals surface area contributed by atoms with E-state index < -0.39 is 18.1 Å². The number of benzene rings is 1. The van der Waals surface area contributed by atoms with E-state index >= 15 is 0 Å². The van der Waals surface area contributed by atoms with Gasteiger partial charge in [0, 0.05) is 6.54 Å². The van der Waals surface area contributed by atoms with E-state index in [9.17, 15) is 22.8 Å². The smallest absolute Gasteiger partial charge is 0.444 e. The third-order valence-electron chi connectivity index (χ3n) is 2.34. The van der Waals surface area contributed by atoms with Crippen molar-refractivity contribution in [3.05, 3.63) is 29.8 Å². The van der Waals surface area contributed by atoms with Gasteiger partial charge in [-0.3, -0.25) is 4.79 Å². The quantitative estimate of drug-likeness (QED) is 0.725. The number of ether oxygens (including phenoxy) is 2. The van der Waals surface area contributed by atoms with Crippen molar-refractivity contribution in [2.24, 2.45) is 5.73 Å². The van der Waals surface area contributed by atoms with E-state index in [2.05, 4.69) is 14.8 Å². The Balaban J connectivity index is 0.000000660. The summed E-state index contributed by atoms with van der Waals surface area (Å²) in [5, 5.41) is 10.9. The number of halogens is 3. The maximum atomic E-state index is 12.0. The number of nitrogens with one attached hydrogen (secondary N) is 1. The molecule has 0 bridgehead atoms. The highest BCUT2D eigenvalue weighted by molar-refractivity contribution is 5.78. The van der Waals surface area contributed by atoms with Gasteiger partial charge in [0.15, 0.2) is 0 Å². The predicted molar refractivity (Wildman–Crippen MR) is 87.3 cm³/mol. The highest BCUT2D eigenvalue weighted by Crippen LogP contribution is 2.23. The zero-order chi connectivity index (χ0) is 20.4. The average Bonchev–Trinajstić information content (AvgIpc) is 2.41. The second-order valence-electron chi connectivity index (χ2n) is 5.98. The molecule has 0 spiro atoms. The molecule has 0 saturated carbocycles. The van der Waals surface area contributed by atoms with Gasteiger partial charge in [-0.1, -0.05) is 12.1 Å². The van der Waals surface area contributed by atoms with Crippen molar-refractivity contribution in [3.8, 4) is 5.75 Å². The SMILES string of the molecule is CC(C)(C)OC(N)=O.O=C(Cc1cccc(OC(F)(F)F)c1)NCCO. The Kier molecular flexibility index (Phi) is 9.49. The van der Waals surface area contributed by atoms with Crippen LogP contribution in [-0.2, 0) is 16.0 Å². The molecule has 7 nitrogen and oxygen atoms in total. The molecule has 0 radical (unpaired) electrons. The molecule has 1 rings (SSSR count). The van der Waals surface area contributed by atoms with E-state index in [1.807, 2.05) is 0 Å². The normalized spacial score (nSPS) is 11.0. The number of hydrogen-bond acceptors (Lipinski definition) is 5. The largest absolute Gasteiger partial charge is 0.573 e. The number of carbonyl (C=O) groups excluding carboxylic acids is 2. The molecule has 0 fully saturated rings. The van der Waals surface area contributed by atoms with Crippen molar-refractivity contribution in [1.82, 2.24) is 5.32 Å². The summed E-state index contributed by atoms with van der Waals surface area (Å²) in [5.41, 5.74) is 4.66. The standard InChI is InChI=1S/C11H12F3NO3.C5H11NO2/c12-11(13,14)18-9-3-1-2-8(6-9)7-10(17)15-4-5-16;1-5(2,3)8-4(6)7/h1-3,6,16H,4-5,7H2,(H,15,17);1-3H3,(H2,6,7). The summed E-state index contributed by atoms with van der Waals surface area (Å²) in [7, 11) is 0. The van der Waals surface area contributed by atoms with Gasteiger partial charge in [-0.2, -0.15) is 0 Å². The van der Waals surface area contributed by atoms with E-state index in [4.69, 9.17) is 10.8 Å².